The molecule has 0 aliphatic rings. The molecule has 0 aliphatic heterocycles. The highest BCUT2D eigenvalue weighted by molar-refractivity contribution is 5.52. The first-order valence-corrected chi connectivity index (χ1v) is 5.48. The zero-order valence-electron chi connectivity index (χ0n) is 9.87. The van der Waals surface area contributed by atoms with E-state index in [1.807, 2.05) is 43.4 Å². The average Bonchev–Trinajstić information content (AvgIpc) is 2.37. The molecule has 1 aromatic carbocycles. The fourth-order valence-corrected chi connectivity index (χ4v) is 1.23. The highest BCUT2D eigenvalue weighted by Gasteiger charge is 1.83. The molecule has 3 heteroatoms. The lowest BCUT2D eigenvalue weighted by molar-refractivity contribution is 0.993. The summed E-state index contributed by atoms with van der Waals surface area (Å²) >= 11 is 0. The molecule has 0 heterocycles. The number of allylic oxidation sites excluding steroid dienone is 1. The maximum absolute atomic E-state index is 8.09. The molecule has 0 aromatic heterocycles. The van der Waals surface area contributed by atoms with Crippen molar-refractivity contribution in [1.82, 2.24) is 0 Å². The third-order valence-electron chi connectivity index (χ3n) is 2.09. The number of nitrogens with zero attached hydrogens (tertiary/aromatic N) is 3. The van der Waals surface area contributed by atoms with E-state index in [2.05, 4.69) is 27.9 Å². The maximum Gasteiger partial charge on any atom is 0.0298 e. The first-order chi connectivity index (χ1) is 8.33. The standard InChI is InChI=1S/C14H15N3/c1-13(7-5-6-12-16-17-15)10-11-14-8-3-2-4-9-14/h2-5,8-11H,6,12H2,1H3/b11-10+. The largest absolute Gasteiger partial charge is 0.122 e. The molecule has 3 nitrogen and oxygen atoms in total. The van der Waals surface area contributed by atoms with Gasteiger partial charge >= 0.3 is 0 Å². The number of azide groups is 1. The highest BCUT2D eigenvalue weighted by atomic mass is 15.1. The fourth-order valence-electron chi connectivity index (χ4n) is 1.23. The van der Waals surface area contributed by atoms with E-state index >= 15 is 0 Å². The van der Waals surface area contributed by atoms with Crippen LogP contribution in [0.15, 0.2) is 58.9 Å². The second kappa shape index (κ2) is 8.00. The predicted molar refractivity (Wildman–Crippen MR) is 71.4 cm³/mol. The Morgan fingerprint density at radius 2 is 2.18 bits per heavy atom. The maximum atomic E-state index is 8.09. The van der Waals surface area contributed by atoms with Gasteiger partial charge < -0.3 is 0 Å². The van der Waals surface area contributed by atoms with E-state index in [4.69, 9.17) is 5.53 Å². The third-order valence-corrected chi connectivity index (χ3v) is 2.09. The molecular weight excluding hydrogens is 210 g/mol. The molecule has 0 N–H and O–H groups in total. The van der Waals surface area contributed by atoms with Crippen LogP contribution in [0.4, 0.5) is 0 Å². The van der Waals surface area contributed by atoms with Crippen molar-refractivity contribution in [2.24, 2.45) is 5.11 Å². The lowest BCUT2D eigenvalue weighted by atomic mass is 10.2. The van der Waals surface area contributed by atoms with Crippen molar-refractivity contribution in [2.75, 3.05) is 6.54 Å². The van der Waals surface area contributed by atoms with Crippen molar-refractivity contribution in [1.29, 1.82) is 0 Å². The Bertz CT molecular complexity index is 473. The molecule has 0 bridgehead atoms. The van der Waals surface area contributed by atoms with Crippen LogP contribution in [0.5, 0.6) is 0 Å². The molecule has 0 atom stereocenters. The molecule has 0 amide bonds. The van der Waals surface area contributed by atoms with Crippen LogP contribution in [-0.2, 0) is 0 Å². The smallest absolute Gasteiger partial charge is 0.0298 e. The van der Waals surface area contributed by atoms with Crippen molar-refractivity contribution in [3.05, 3.63) is 69.8 Å². The van der Waals surface area contributed by atoms with Crippen LogP contribution in [0.1, 0.15) is 18.9 Å². The quantitative estimate of drug-likeness (QED) is 0.177. The van der Waals surface area contributed by atoms with Crippen LogP contribution in [0.3, 0.4) is 0 Å². The van der Waals surface area contributed by atoms with Gasteiger partial charge in [0.15, 0.2) is 0 Å². The summed E-state index contributed by atoms with van der Waals surface area (Å²) in [6.07, 6.45) is 6.67. The van der Waals surface area contributed by atoms with Gasteiger partial charge in [-0.15, -0.1) is 5.73 Å². The van der Waals surface area contributed by atoms with E-state index in [-0.39, 0.29) is 0 Å². The Labute approximate surface area is 101 Å². The number of hydrogen-bond acceptors (Lipinski definition) is 1. The van der Waals surface area contributed by atoms with Crippen LogP contribution in [0, 0.1) is 0 Å². The minimum absolute atomic E-state index is 0.485. The Balaban J connectivity index is 2.53. The zero-order valence-corrected chi connectivity index (χ0v) is 9.87. The Hall–Kier alpha value is -2.21. The number of rotatable bonds is 5. The second-order valence-corrected chi connectivity index (χ2v) is 3.52. The van der Waals surface area contributed by atoms with Crippen LogP contribution >= 0.6 is 0 Å². The average molecular weight is 225 g/mol. The minimum atomic E-state index is 0.485. The van der Waals surface area contributed by atoms with Gasteiger partial charge in [0, 0.05) is 11.5 Å². The molecule has 1 aromatic rings. The van der Waals surface area contributed by atoms with Gasteiger partial charge in [0.25, 0.3) is 0 Å². The van der Waals surface area contributed by atoms with Gasteiger partial charge in [-0.2, -0.15) is 0 Å². The summed E-state index contributed by atoms with van der Waals surface area (Å²) in [6, 6.07) is 10.1. The minimum Gasteiger partial charge on any atom is -0.122 e. The lowest BCUT2D eigenvalue weighted by Gasteiger charge is -1.90. The molecule has 0 fully saturated rings. The van der Waals surface area contributed by atoms with E-state index in [0.717, 1.165) is 12.0 Å². The summed E-state index contributed by atoms with van der Waals surface area (Å²) in [5.74, 6) is 0. The second-order valence-electron chi connectivity index (χ2n) is 3.52. The van der Waals surface area contributed by atoms with Crippen molar-refractivity contribution < 1.29 is 0 Å². The molecule has 17 heavy (non-hydrogen) atoms. The molecule has 0 saturated carbocycles. The molecule has 86 valence electrons. The summed E-state index contributed by atoms with van der Waals surface area (Å²) in [7, 11) is 0. The van der Waals surface area contributed by atoms with Crippen LogP contribution in [-0.4, -0.2) is 6.54 Å². The van der Waals surface area contributed by atoms with Gasteiger partial charge in [0.2, 0.25) is 0 Å². The Morgan fingerprint density at radius 1 is 1.41 bits per heavy atom. The summed E-state index contributed by atoms with van der Waals surface area (Å²) in [6.45, 7) is 2.47. The van der Waals surface area contributed by atoms with Crippen molar-refractivity contribution in [3.63, 3.8) is 0 Å². The first kappa shape index (κ1) is 12.9. The molecule has 0 radical (unpaired) electrons. The summed E-state index contributed by atoms with van der Waals surface area (Å²) in [4.78, 5) is 2.68. The number of benzene rings is 1. The van der Waals surface area contributed by atoms with Crippen LogP contribution < -0.4 is 0 Å². The summed E-state index contributed by atoms with van der Waals surface area (Å²) in [5.41, 5.74) is 13.4. The molecule has 1 rings (SSSR count). The van der Waals surface area contributed by atoms with E-state index in [9.17, 15) is 0 Å². The summed E-state index contributed by atoms with van der Waals surface area (Å²) < 4.78 is 0. The molecule has 0 saturated heterocycles. The van der Waals surface area contributed by atoms with E-state index in [1.165, 1.54) is 5.56 Å². The zero-order chi connectivity index (χ0) is 12.3. The first-order valence-electron chi connectivity index (χ1n) is 5.48. The van der Waals surface area contributed by atoms with Crippen LogP contribution in [0.25, 0.3) is 16.5 Å². The highest BCUT2D eigenvalue weighted by Crippen LogP contribution is 2.03. The van der Waals surface area contributed by atoms with Gasteiger partial charge in [0.05, 0.1) is 0 Å². The number of hydrogen-bond donors (Lipinski definition) is 0. The van der Waals surface area contributed by atoms with Crippen molar-refractivity contribution >= 4 is 6.08 Å². The van der Waals surface area contributed by atoms with Gasteiger partial charge in [-0.25, -0.2) is 0 Å². The van der Waals surface area contributed by atoms with E-state index < -0.39 is 0 Å². The fraction of sp³-hybridized carbons (Fsp3) is 0.214. The monoisotopic (exact) mass is 225 g/mol. The normalized spacial score (nSPS) is 9.47. The lowest BCUT2D eigenvalue weighted by Crippen LogP contribution is -1.72. The Kier molecular flexibility index (Phi) is 6.05. The van der Waals surface area contributed by atoms with Crippen molar-refractivity contribution in [3.8, 4) is 0 Å². The van der Waals surface area contributed by atoms with Crippen LogP contribution in [0.2, 0.25) is 0 Å². The SMILES string of the molecule is CC(=C=CCCN=[N+]=[N-])/C=C/c1ccccc1. The van der Waals surface area contributed by atoms with E-state index in [1.54, 1.807) is 0 Å². The van der Waals surface area contributed by atoms with Gasteiger partial charge in [-0.1, -0.05) is 47.6 Å². The topological polar surface area (TPSA) is 48.8 Å². The molecule has 0 unspecified atom stereocenters. The third kappa shape index (κ3) is 6.06. The van der Waals surface area contributed by atoms with Gasteiger partial charge in [-0.05, 0) is 36.1 Å². The summed E-state index contributed by atoms with van der Waals surface area (Å²) in [5, 5.41) is 3.44. The molecule has 0 spiro atoms. The van der Waals surface area contributed by atoms with Gasteiger partial charge in [-0.3, -0.25) is 0 Å². The molecule has 0 aliphatic carbocycles. The predicted octanol–water partition coefficient (Wildman–Crippen LogP) is 4.50. The molecular formula is C14H15N3. The van der Waals surface area contributed by atoms with Crippen molar-refractivity contribution in [2.45, 2.75) is 13.3 Å². The van der Waals surface area contributed by atoms with E-state index in [0.29, 0.717) is 6.54 Å². The Morgan fingerprint density at radius 3 is 2.88 bits per heavy atom. The van der Waals surface area contributed by atoms with Gasteiger partial charge in [0.1, 0.15) is 0 Å².